The normalized spacial score (nSPS) is 14.2. The maximum Gasteiger partial charge on any atom is 0.319 e. The molecule has 1 fully saturated rings. The van der Waals surface area contributed by atoms with Crippen molar-refractivity contribution in [3.63, 3.8) is 0 Å². The number of nitrogens with two attached hydrogens (primary N) is 1. The van der Waals surface area contributed by atoms with Crippen LogP contribution in [0.3, 0.4) is 0 Å². The zero-order valence-corrected chi connectivity index (χ0v) is 16.0. The van der Waals surface area contributed by atoms with E-state index in [0.717, 1.165) is 24.2 Å². The van der Waals surface area contributed by atoms with E-state index in [1.165, 1.54) is 12.1 Å². The van der Waals surface area contributed by atoms with Gasteiger partial charge in [-0.25, -0.2) is 18.4 Å². The summed E-state index contributed by atoms with van der Waals surface area (Å²) in [6.07, 6.45) is 1.99. The number of hydrogen-bond donors (Lipinski definition) is 3. The van der Waals surface area contributed by atoms with Crippen molar-refractivity contribution in [2.24, 2.45) is 5.14 Å². The number of benzene rings is 2. The number of carbonyl (C=O) groups excluding carboxylic acids is 2. The molecule has 9 heteroatoms. The average Bonchev–Trinajstić information content (AvgIpc) is 3.08. The minimum Gasteiger partial charge on any atom is -0.338 e. The smallest absolute Gasteiger partial charge is 0.319 e. The van der Waals surface area contributed by atoms with Gasteiger partial charge >= 0.3 is 6.03 Å². The molecule has 2 aromatic rings. The number of nitrogens with one attached hydrogen (secondary N) is 2. The molecule has 1 aliphatic heterocycles. The van der Waals surface area contributed by atoms with E-state index in [0.29, 0.717) is 25.1 Å². The molecule has 0 saturated carbocycles. The van der Waals surface area contributed by atoms with Crippen LogP contribution in [-0.2, 0) is 21.2 Å². The molecule has 1 heterocycles. The lowest BCUT2D eigenvalue weighted by molar-refractivity contribution is -0.117. The molecule has 2 aromatic carbocycles. The molecule has 0 unspecified atom stereocenters. The summed E-state index contributed by atoms with van der Waals surface area (Å²) in [4.78, 5) is 25.5. The standard InChI is InChI=1S/C19H22N4O4S/c20-28(26,27)17-9-3-14(4-10-17)11-12-21-19(25)22-15-5-7-16(8-6-15)23-13-1-2-18(23)24/h3-10H,1-2,11-13H2,(H2,20,26,27)(H2,21,22,25). The Morgan fingerprint density at radius 1 is 1.07 bits per heavy atom. The van der Waals surface area contributed by atoms with Crippen molar-refractivity contribution in [3.05, 3.63) is 54.1 Å². The van der Waals surface area contributed by atoms with E-state index >= 15 is 0 Å². The first-order valence-electron chi connectivity index (χ1n) is 8.90. The van der Waals surface area contributed by atoms with E-state index in [2.05, 4.69) is 10.6 Å². The van der Waals surface area contributed by atoms with Crippen LogP contribution in [0.15, 0.2) is 53.4 Å². The van der Waals surface area contributed by atoms with Crippen molar-refractivity contribution in [3.8, 4) is 0 Å². The lowest BCUT2D eigenvalue weighted by atomic mass is 10.1. The van der Waals surface area contributed by atoms with Crippen LogP contribution >= 0.6 is 0 Å². The Balaban J connectivity index is 1.46. The third-order valence-electron chi connectivity index (χ3n) is 4.46. The molecule has 0 atom stereocenters. The van der Waals surface area contributed by atoms with Crippen molar-refractivity contribution in [1.82, 2.24) is 5.32 Å². The van der Waals surface area contributed by atoms with Crippen molar-refractivity contribution < 1.29 is 18.0 Å². The van der Waals surface area contributed by atoms with Crippen molar-refractivity contribution in [1.29, 1.82) is 0 Å². The Bertz CT molecular complexity index is 956. The maximum atomic E-state index is 12.0. The highest BCUT2D eigenvalue weighted by Crippen LogP contribution is 2.22. The number of carbonyl (C=O) groups is 2. The highest BCUT2D eigenvalue weighted by molar-refractivity contribution is 7.89. The second-order valence-electron chi connectivity index (χ2n) is 6.52. The van der Waals surface area contributed by atoms with Gasteiger partial charge in [-0.05, 0) is 54.8 Å². The summed E-state index contributed by atoms with van der Waals surface area (Å²) in [5.41, 5.74) is 2.34. The molecule has 8 nitrogen and oxygen atoms in total. The number of nitrogens with zero attached hydrogens (tertiary/aromatic N) is 1. The fourth-order valence-corrected chi connectivity index (χ4v) is 3.50. The summed E-state index contributed by atoms with van der Waals surface area (Å²) < 4.78 is 22.5. The largest absolute Gasteiger partial charge is 0.338 e. The van der Waals surface area contributed by atoms with Crippen molar-refractivity contribution in [2.75, 3.05) is 23.3 Å². The molecule has 1 saturated heterocycles. The second-order valence-corrected chi connectivity index (χ2v) is 8.08. The zero-order chi connectivity index (χ0) is 20.1. The van der Waals surface area contributed by atoms with Crippen LogP contribution in [-0.4, -0.2) is 33.4 Å². The van der Waals surface area contributed by atoms with Gasteiger partial charge in [0, 0.05) is 30.9 Å². The summed E-state index contributed by atoms with van der Waals surface area (Å²) in [7, 11) is -3.70. The second kappa shape index (κ2) is 8.41. The number of amides is 3. The van der Waals surface area contributed by atoms with Gasteiger partial charge in [0.25, 0.3) is 0 Å². The Morgan fingerprint density at radius 3 is 2.32 bits per heavy atom. The molecule has 4 N–H and O–H groups in total. The minimum atomic E-state index is -3.70. The molecule has 0 aromatic heterocycles. The van der Waals surface area contributed by atoms with Crippen molar-refractivity contribution in [2.45, 2.75) is 24.2 Å². The number of anilines is 2. The molecule has 3 amide bonds. The van der Waals surface area contributed by atoms with Gasteiger partial charge in [-0.3, -0.25) is 4.79 Å². The third kappa shape index (κ3) is 5.08. The fraction of sp³-hybridized carbons (Fsp3) is 0.263. The third-order valence-corrected chi connectivity index (χ3v) is 5.39. The van der Waals surface area contributed by atoms with Crippen LogP contribution in [0.5, 0.6) is 0 Å². The summed E-state index contributed by atoms with van der Waals surface area (Å²) >= 11 is 0. The van der Waals surface area contributed by atoms with E-state index in [1.54, 1.807) is 29.2 Å². The predicted octanol–water partition coefficient (Wildman–Crippen LogP) is 1.82. The number of urea groups is 1. The Kier molecular flexibility index (Phi) is 5.96. The fourth-order valence-electron chi connectivity index (χ4n) is 2.99. The minimum absolute atomic E-state index is 0.0565. The average molecular weight is 402 g/mol. The highest BCUT2D eigenvalue weighted by Gasteiger charge is 2.21. The lowest BCUT2D eigenvalue weighted by Crippen LogP contribution is -2.30. The van der Waals surface area contributed by atoms with Crippen molar-refractivity contribution >= 4 is 33.3 Å². The van der Waals surface area contributed by atoms with Gasteiger partial charge in [-0.1, -0.05) is 12.1 Å². The van der Waals surface area contributed by atoms with Crippen LogP contribution in [0.4, 0.5) is 16.2 Å². The molecule has 0 spiro atoms. The van der Waals surface area contributed by atoms with E-state index in [4.69, 9.17) is 5.14 Å². The molecular weight excluding hydrogens is 380 g/mol. The molecule has 0 aliphatic carbocycles. The first-order chi connectivity index (χ1) is 13.3. The summed E-state index contributed by atoms with van der Waals surface area (Å²) in [6, 6.07) is 13.0. The predicted molar refractivity (Wildman–Crippen MR) is 107 cm³/mol. The van der Waals surface area contributed by atoms with Gasteiger partial charge in [0.05, 0.1) is 4.90 Å². The van der Waals surface area contributed by atoms with E-state index < -0.39 is 10.0 Å². The van der Waals surface area contributed by atoms with Gasteiger partial charge in [0.2, 0.25) is 15.9 Å². The van der Waals surface area contributed by atoms with Crippen LogP contribution in [0.25, 0.3) is 0 Å². The van der Waals surface area contributed by atoms with E-state index in [1.807, 2.05) is 12.1 Å². The van der Waals surface area contributed by atoms with E-state index in [9.17, 15) is 18.0 Å². The maximum absolute atomic E-state index is 12.0. The van der Waals surface area contributed by atoms with E-state index in [-0.39, 0.29) is 16.8 Å². The quantitative estimate of drug-likeness (QED) is 0.682. The highest BCUT2D eigenvalue weighted by atomic mass is 32.2. The molecule has 148 valence electrons. The number of primary sulfonamides is 1. The first kappa shape index (κ1) is 19.8. The van der Waals surface area contributed by atoms with Gasteiger partial charge in [0.1, 0.15) is 0 Å². The van der Waals surface area contributed by atoms with Gasteiger partial charge < -0.3 is 15.5 Å². The monoisotopic (exact) mass is 402 g/mol. The molecule has 0 bridgehead atoms. The summed E-state index contributed by atoms with van der Waals surface area (Å²) in [5, 5.41) is 10.5. The SMILES string of the molecule is NS(=O)(=O)c1ccc(CCNC(=O)Nc2ccc(N3CCCC3=O)cc2)cc1. The number of rotatable bonds is 6. The molecule has 1 aliphatic rings. The van der Waals surface area contributed by atoms with Crippen LogP contribution in [0.2, 0.25) is 0 Å². The van der Waals surface area contributed by atoms with Gasteiger partial charge in [-0.15, -0.1) is 0 Å². The van der Waals surface area contributed by atoms with Crippen LogP contribution < -0.4 is 20.7 Å². The summed E-state index contributed by atoms with van der Waals surface area (Å²) in [5.74, 6) is 0.121. The molecule has 28 heavy (non-hydrogen) atoms. The Hall–Kier alpha value is -2.91. The number of hydrogen-bond acceptors (Lipinski definition) is 4. The topological polar surface area (TPSA) is 122 Å². The van der Waals surface area contributed by atoms with Gasteiger partial charge in [0.15, 0.2) is 0 Å². The zero-order valence-electron chi connectivity index (χ0n) is 15.2. The van der Waals surface area contributed by atoms with Crippen LogP contribution in [0.1, 0.15) is 18.4 Å². The Morgan fingerprint density at radius 2 is 1.75 bits per heavy atom. The molecular formula is C19H22N4O4S. The lowest BCUT2D eigenvalue weighted by Gasteiger charge is -2.16. The van der Waals surface area contributed by atoms with Gasteiger partial charge in [-0.2, -0.15) is 0 Å². The Labute approximate surface area is 163 Å². The number of sulfonamides is 1. The van der Waals surface area contributed by atoms with Crippen LogP contribution in [0, 0.1) is 0 Å². The first-order valence-corrected chi connectivity index (χ1v) is 10.4. The molecule has 3 rings (SSSR count). The molecule has 0 radical (unpaired) electrons. The summed E-state index contributed by atoms with van der Waals surface area (Å²) in [6.45, 7) is 1.12.